The molecule has 1 N–H and O–H groups in total. The maximum atomic E-state index is 11.9. The van der Waals surface area contributed by atoms with Crippen LogP contribution in [0.2, 0.25) is 0 Å². The van der Waals surface area contributed by atoms with Crippen molar-refractivity contribution in [2.75, 3.05) is 34.2 Å². The molecule has 1 rings (SSSR count). The highest BCUT2D eigenvalue weighted by Crippen LogP contribution is 1.97. The summed E-state index contributed by atoms with van der Waals surface area (Å²) in [5.41, 5.74) is 0. The van der Waals surface area contributed by atoms with Gasteiger partial charge in [-0.3, -0.25) is 0 Å². The Labute approximate surface area is 115 Å². The second-order valence-corrected chi connectivity index (χ2v) is 4.93. The number of rotatable bonds is 7. The number of nitrogens with zero attached hydrogens (tertiary/aromatic N) is 4. The Bertz CT molecular complexity index is 363. The highest BCUT2D eigenvalue weighted by Gasteiger charge is 2.12. The Morgan fingerprint density at radius 1 is 1.42 bits per heavy atom. The largest absolute Gasteiger partial charge is 0.336 e. The lowest BCUT2D eigenvalue weighted by Crippen LogP contribution is -2.45. The van der Waals surface area contributed by atoms with Gasteiger partial charge < -0.3 is 19.7 Å². The van der Waals surface area contributed by atoms with Gasteiger partial charge in [-0.25, -0.2) is 9.78 Å². The van der Waals surface area contributed by atoms with Crippen molar-refractivity contribution in [2.24, 2.45) is 0 Å². The Hall–Kier alpha value is -1.56. The number of nitrogens with one attached hydrogen (secondary N) is 1. The molecule has 1 atom stereocenters. The van der Waals surface area contributed by atoms with Gasteiger partial charge in [0.05, 0.1) is 6.33 Å². The first kappa shape index (κ1) is 15.5. The van der Waals surface area contributed by atoms with E-state index in [0.717, 1.165) is 13.0 Å². The van der Waals surface area contributed by atoms with Crippen LogP contribution in [0.25, 0.3) is 0 Å². The molecule has 0 aliphatic heterocycles. The molecule has 6 nitrogen and oxygen atoms in total. The summed E-state index contributed by atoms with van der Waals surface area (Å²) in [7, 11) is 5.87. The molecule has 1 heterocycles. The lowest BCUT2D eigenvalue weighted by atomic mass is 10.2. The van der Waals surface area contributed by atoms with Gasteiger partial charge in [-0.2, -0.15) is 0 Å². The molecule has 1 aromatic heterocycles. The number of carbonyl (C=O) groups excluding carboxylic acids is 1. The number of urea groups is 1. The van der Waals surface area contributed by atoms with Gasteiger partial charge in [0.1, 0.15) is 0 Å². The summed E-state index contributed by atoms with van der Waals surface area (Å²) in [5.74, 6) is 0. The molecule has 0 saturated carbocycles. The zero-order valence-electron chi connectivity index (χ0n) is 12.3. The molecule has 108 valence electrons. The van der Waals surface area contributed by atoms with Gasteiger partial charge in [0.2, 0.25) is 0 Å². The van der Waals surface area contributed by atoms with Crippen LogP contribution >= 0.6 is 0 Å². The van der Waals surface area contributed by atoms with E-state index < -0.39 is 0 Å². The first-order chi connectivity index (χ1) is 9.04. The number of amides is 2. The molecule has 6 heteroatoms. The van der Waals surface area contributed by atoms with Gasteiger partial charge >= 0.3 is 6.03 Å². The van der Waals surface area contributed by atoms with E-state index in [4.69, 9.17) is 0 Å². The average molecular weight is 267 g/mol. The fourth-order valence-corrected chi connectivity index (χ4v) is 1.82. The third-order valence-corrected chi connectivity index (χ3v) is 3.29. The van der Waals surface area contributed by atoms with Crippen LogP contribution in [-0.4, -0.2) is 65.7 Å². The van der Waals surface area contributed by atoms with Crippen molar-refractivity contribution in [1.29, 1.82) is 0 Å². The topological polar surface area (TPSA) is 53.4 Å². The zero-order chi connectivity index (χ0) is 14.3. The zero-order valence-corrected chi connectivity index (χ0v) is 12.3. The average Bonchev–Trinajstić information content (AvgIpc) is 2.89. The summed E-state index contributed by atoms with van der Waals surface area (Å²) in [6, 6.07) is 0.353. The number of hydrogen-bond donors (Lipinski definition) is 1. The van der Waals surface area contributed by atoms with Gasteiger partial charge in [-0.1, -0.05) is 6.92 Å². The highest BCUT2D eigenvalue weighted by molar-refractivity contribution is 5.73. The molecule has 0 unspecified atom stereocenters. The van der Waals surface area contributed by atoms with Crippen LogP contribution in [0.3, 0.4) is 0 Å². The Balaban J connectivity index is 2.28. The van der Waals surface area contributed by atoms with Gasteiger partial charge in [0.25, 0.3) is 0 Å². The van der Waals surface area contributed by atoms with Crippen LogP contribution in [0, 0.1) is 0 Å². The number of carbonyl (C=O) groups is 1. The van der Waals surface area contributed by atoms with Gasteiger partial charge in [-0.05, 0) is 20.5 Å². The van der Waals surface area contributed by atoms with Crippen molar-refractivity contribution < 1.29 is 4.79 Å². The highest BCUT2D eigenvalue weighted by atomic mass is 16.2. The maximum absolute atomic E-state index is 11.9. The van der Waals surface area contributed by atoms with Crippen molar-refractivity contribution in [3.63, 3.8) is 0 Å². The molecule has 2 amide bonds. The number of imidazole rings is 1. The predicted octanol–water partition coefficient (Wildman–Crippen LogP) is 0.865. The SMILES string of the molecule is CC[C@@H](CNC(=O)N(C)CCn1ccnc1)N(C)C. The molecular weight excluding hydrogens is 242 g/mol. The molecule has 0 spiro atoms. The number of hydrogen-bond acceptors (Lipinski definition) is 3. The summed E-state index contributed by atoms with van der Waals surface area (Å²) >= 11 is 0. The molecule has 0 aromatic carbocycles. The summed E-state index contributed by atoms with van der Waals surface area (Å²) in [6.07, 6.45) is 6.41. The van der Waals surface area contributed by atoms with E-state index in [-0.39, 0.29) is 6.03 Å². The van der Waals surface area contributed by atoms with Gasteiger partial charge in [0.15, 0.2) is 0 Å². The molecule has 1 aromatic rings. The van der Waals surface area contributed by atoms with E-state index in [1.807, 2.05) is 31.9 Å². The molecule has 19 heavy (non-hydrogen) atoms. The third kappa shape index (κ3) is 5.30. The Kier molecular flexibility index (Phi) is 6.35. The van der Waals surface area contributed by atoms with Gasteiger partial charge in [-0.15, -0.1) is 0 Å². The van der Waals surface area contributed by atoms with E-state index in [1.165, 1.54) is 0 Å². The minimum absolute atomic E-state index is 0.0274. The fourth-order valence-electron chi connectivity index (χ4n) is 1.82. The minimum atomic E-state index is -0.0274. The molecule has 0 saturated heterocycles. The van der Waals surface area contributed by atoms with Crippen LogP contribution in [0.5, 0.6) is 0 Å². The first-order valence-corrected chi connectivity index (χ1v) is 6.65. The summed E-state index contributed by atoms with van der Waals surface area (Å²) in [5, 5.41) is 2.97. The van der Waals surface area contributed by atoms with Crippen molar-refractivity contribution in [2.45, 2.75) is 25.9 Å². The van der Waals surface area contributed by atoms with Crippen LogP contribution < -0.4 is 5.32 Å². The van der Waals surface area contributed by atoms with E-state index in [0.29, 0.717) is 19.1 Å². The monoisotopic (exact) mass is 267 g/mol. The van der Waals surface area contributed by atoms with Crippen molar-refractivity contribution in [3.05, 3.63) is 18.7 Å². The molecule has 0 radical (unpaired) electrons. The second-order valence-electron chi connectivity index (χ2n) is 4.93. The van der Waals surface area contributed by atoms with Crippen molar-refractivity contribution >= 4 is 6.03 Å². The van der Waals surface area contributed by atoms with E-state index in [2.05, 4.69) is 22.1 Å². The van der Waals surface area contributed by atoms with E-state index >= 15 is 0 Å². The van der Waals surface area contributed by atoms with Crippen LogP contribution in [0.1, 0.15) is 13.3 Å². The second kappa shape index (κ2) is 7.78. The lowest BCUT2D eigenvalue weighted by Gasteiger charge is -2.25. The number of aromatic nitrogens is 2. The minimum Gasteiger partial charge on any atom is -0.336 e. The maximum Gasteiger partial charge on any atom is 0.317 e. The van der Waals surface area contributed by atoms with Crippen LogP contribution in [-0.2, 0) is 6.54 Å². The van der Waals surface area contributed by atoms with Crippen molar-refractivity contribution in [1.82, 2.24) is 24.7 Å². The molecule has 0 bridgehead atoms. The van der Waals surface area contributed by atoms with Crippen molar-refractivity contribution in [3.8, 4) is 0 Å². The van der Waals surface area contributed by atoms with Crippen LogP contribution in [0.4, 0.5) is 4.79 Å². The molecule has 0 fully saturated rings. The normalized spacial score (nSPS) is 12.5. The lowest BCUT2D eigenvalue weighted by molar-refractivity contribution is 0.200. The smallest absolute Gasteiger partial charge is 0.317 e. The summed E-state index contributed by atoms with van der Waals surface area (Å²) in [4.78, 5) is 19.7. The first-order valence-electron chi connectivity index (χ1n) is 6.65. The van der Waals surface area contributed by atoms with Gasteiger partial charge in [0, 0.05) is 45.1 Å². The van der Waals surface area contributed by atoms with E-state index in [1.54, 1.807) is 17.4 Å². The molecule has 0 aliphatic carbocycles. The quantitative estimate of drug-likeness (QED) is 0.797. The summed E-state index contributed by atoms with van der Waals surface area (Å²) < 4.78 is 1.96. The van der Waals surface area contributed by atoms with Crippen LogP contribution in [0.15, 0.2) is 18.7 Å². The third-order valence-electron chi connectivity index (χ3n) is 3.29. The molecule has 0 aliphatic rings. The fraction of sp³-hybridized carbons (Fsp3) is 0.692. The standard InChI is InChI=1S/C13H25N5O/c1-5-12(16(2)3)10-15-13(19)17(4)8-9-18-7-6-14-11-18/h6-7,11-12H,5,8-10H2,1-4H3,(H,15,19)/t12-/m0/s1. The number of likely N-dealkylation sites (N-methyl/N-ethyl adjacent to an activating group) is 2. The Morgan fingerprint density at radius 3 is 2.68 bits per heavy atom. The van der Waals surface area contributed by atoms with E-state index in [9.17, 15) is 4.79 Å². The Morgan fingerprint density at radius 2 is 2.16 bits per heavy atom. The molecular formula is C13H25N5O. The predicted molar refractivity (Wildman–Crippen MR) is 76.0 cm³/mol. The summed E-state index contributed by atoms with van der Waals surface area (Å²) in [6.45, 7) is 4.23.